The second-order valence-electron chi connectivity index (χ2n) is 10.6. The van der Waals surface area contributed by atoms with Crippen LogP contribution in [0.15, 0.2) is 106 Å². The zero-order valence-corrected chi connectivity index (χ0v) is 26.9. The minimum atomic E-state index is -0.814. The highest BCUT2D eigenvalue weighted by Gasteiger charge is 2.36. The number of rotatable bonds is 10. The fourth-order valence-corrected chi connectivity index (χ4v) is 6.74. The molecule has 0 fully saturated rings. The van der Waals surface area contributed by atoms with E-state index in [1.807, 2.05) is 97.9 Å². The predicted molar refractivity (Wildman–Crippen MR) is 179 cm³/mol. The summed E-state index contributed by atoms with van der Waals surface area (Å²) in [5.74, 6) is 1.23. The van der Waals surface area contributed by atoms with Crippen molar-refractivity contribution in [1.82, 2.24) is 4.57 Å². The maximum absolute atomic E-state index is 14.3. The summed E-state index contributed by atoms with van der Waals surface area (Å²) in [6, 6.07) is 26.4. The van der Waals surface area contributed by atoms with Gasteiger partial charge in [0.25, 0.3) is 5.56 Å². The van der Waals surface area contributed by atoms with Gasteiger partial charge in [0, 0.05) is 5.56 Å². The highest BCUT2D eigenvalue weighted by atomic mass is 32.1. The molecule has 4 aromatic carbocycles. The standard InChI is InChI=1S/C37H34N2O6S/c1-5-43-30-20-25(16-18-28(30)45-22-24-12-8-7-9-13-24)21-31-35(40)39-34(32(36(41)44-6-2)23(3)38-37(39)46-31)33-27-15-11-10-14-26(27)17-19-29(33)42-4/h7-21,34H,5-6,22H2,1-4H3/b31-21+/t34-/m1/s1. The second kappa shape index (κ2) is 13.5. The van der Waals surface area contributed by atoms with Crippen LogP contribution in [0.2, 0.25) is 0 Å². The van der Waals surface area contributed by atoms with Crippen molar-refractivity contribution in [3.05, 3.63) is 133 Å². The number of allylic oxidation sites excluding steroid dienone is 1. The van der Waals surface area contributed by atoms with Crippen LogP contribution >= 0.6 is 11.3 Å². The molecule has 0 N–H and O–H groups in total. The Hall–Kier alpha value is -5.15. The third-order valence-corrected chi connectivity index (χ3v) is 8.73. The lowest BCUT2D eigenvalue weighted by Gasteiger charge is -2.27. The number of nitrogens with zero attached hydrogens (tertiary/aromatic N) is 2. The van der Waals surface area contributed by atoms with Gasteiger partial charge in [0.1, 0.15) is 18.4 Å². The first-order valence-corrected chi connectivity index (χ1v) is 15.9. The predicted octanol–water partition coefficient (Wildman–Crippen LogP) is 5.94. The van der Waals surface area contributed by atoms with E-state index in [9.17, 15) is 9.59 Å². The van der Waals surface area contributed by atoms with Crippen LogP contribution in [-0.4, -0.2) is 30.9 Å². The van der Waals surface area contributed by atoms with Crippen LogP contribution in [0.1, 0.15) is 43.5 Å². The Kier molecular flexibility index (Phi) is 9.03. The number of carbonyl (C=O) groups excluding carboxylic acids is 1. The summed E-state index contributed by atoms with van der Waals surface area (Å²) in [6.07, 6.45) is 1.81. The summed E-state index contributed by atoms with van der Waals surface area (Å²) in [4.78, 5) is 33.0. The molecule has 0 radical (unpaired) electrons. The number of aromatic nitrogens is 1. The molecule has 0 bridgehead atoms. The Morgan fingerprint density at radius 1 is 0.913 bits per heavy atom. The number of thiazole rings is 1. The zero-order valence-electron chi connectivity index (χ0n) is 26.1. The molecule has 1 atom stereocenters. The van der Waals surface area contributed by atoms with Gasteiger partial charge in [-0.15, -0.1) is 0 Å². The third kappa shape index (κ3) is 5.93. The second-order valence-corrected chi connectivity index (χ2v) is 11.6. The Morgan fingerprint density at radius 3 is 2.43 bits per heavy atom. The van der Waals surface area contributed by atoms with Crippen LogP contribution in [0.25, 0.3) is 16.8 Å². The van der Waals surface area contributed by atoms with E-state index in [1.54, 1.807) is 25.5 Å². The van der Waals surface area contributed by atoms with Gasteiger partial charge in [-0.05, 0) is 66.9 Å². The SMILES string of the molecule is CCOC(=O)C1=C(C)N=c2s/c(=C/c3ccc(OCc4ccccc4)c(OCC)c3)c(=O)n2[C@H]1c1c(OC)ccc2ccccc12. The normalized spacial score (nSPS) is 14.5. The van der Waals surface area contributed by atoms with Crippen molar-refractivity contribution in [3.8, 4) is 17.2 Å². The van der Waals surface area contributed by atoms with Gasteiger partial charge in [-0.25, -0.2) is 9.79 Å². The molecule has 0 saturated heterocycles. The zero-order chi connectivity index (χ0) is 32.2. The molecule has 0 spiro atoms. The molecule has 1 aromatic heterocycles. The van der Waals surface area contributed by atoms with E-state index in [4.69, 9.17) is 23.9 Å². The van der Waals surface area contributed by atoms with Crippen LogP contribution < -0.4 is 29.1 Å². The van der Waals surface area contributed by atoms with E-state index in [1.165, 1.54) is 11.3 Å². The molecule has 8 nitrogen and oxygen atoms in total. The number of esters is 1. The first-order valence-electron chi connectivity index (χ1n) is 15.1. The van der Waals surface area contributed by atoms with Crippen LogP contribution in [0.3, 0.4) is 0 Å². The minimum Gasteiger partial charge on any atom is -0.496 e. The highest BCUT2D eigenvalue weighted by molar-refractivity contribution is 7.07. The number of hydrogen-bond donors (Lipinski definition) is 0. The van der Waals surface area contributed by atoms with Crippen molar-refractivity contribution in [2.24, 2.45) is 4.99 Å². The maximum atomic E-state index is 14.3. The van der Waals surface area contributed by atoms with Crippen LogP contribution in [-0.2, 0) is 16.1 Å². The average Bonchev–Trinajstić information content (AvgIpc) is 3.37. The molecule has 2 heterocycles. The Labute approximate surface area is 270 Å². The molecule has 1 aliphatic heterocycles. The summed E-state index contributed by atoms with van der Waals surface area (Å²) in [7, 11) is 1.58. The minimum absolute atomic E-state index is 0.187. The fraction of sp³-hybridized carbons (Fsp3) is 0.216. The van der Waals surface area contributed by atoms with Crippen LogP contribution in [0.5, 0.6) is 17.2 Å². The van der Waals surface area contributed by atoms with Gasteiger partial charge in [0.05, 0.1) is 36.1 Å². The van der Waals surface area contributed by atoms with Crippen molar-refractivity contribution in [2.45, 2.75) is 33.4 Å². The molecule has 234 valence electrons. The molecule has 9 heteroatoms. The molecule has 5 aromatic rings. The van der Waals surface area contributed by atoms with E-state index >= 15 is 0 Å². The van der Waals surface area contributed by atoms with Crippen molar-refractivity contribution in [3.63, 3.8) is 0 Å². The lowest BCUT2D eigenvalue weighted by Crippen LogP contribution is -2.40. The summed E-state index contributed by atoms with van der Waals surface area (Å²) >= 11 is 1.26. The quantitative estimate of drug-likeness (QED) is 0.177. The molecule has 0 saturated carbocycles. The van der Waals surface area contributed by atoms with Gasteiger partial charge in [-0.2, -0.15) is 0 Å². The van der Waals surface area contributed by atoms with Crippen molar-refractivity contribution >= 4 is 34.2 Å². The fourth-order valence-electron chi connectivity index (χ4n) is 5.69. The Balaban J connectivity index is 1.49. The number of hydrogen-bond acceptors (Lipinski definition) is 8. The molecule has 1 aliphatic rings. The molecule has 0 amide bonds. The van der Waals surface area contributed by atoms with Gasteiger partial charge < -0.3 is 18.9 Å². The van der Waals surface area contributed by atoms with Gasteiger partial charge in [-0.1, -0.05) is 78.1 Å². The summed E-state index contributed by atoms with van der Waals surface area (Å²) < 4.78 is 25.4. The van der Waals surface area contributed by atoms with Gasteiger partial charge in [0.15, 0.2) is 16.3 Å². The highest BCUT2D eigenvalue weighted by Crippen LogP contribution is 2.40. The number of benzene rings is 4. The van der Waals surface area contributed by atoms with Crippen molar-refractivity contribution in [1.29, 1.82) is 0 Å². The maximum Gasteiger partial charge on any atom is 0.338 e. The molecule has 6 rings (SSSR count). The molecular formula is C37H34N2O6S. The van der Waals surface area contributed by atoms with E-state index < -0.39 is 12.0 Å². The number of methoxy groups -OCH3 is 1. The van der Waals surface area contributed by atoms with E-state index in [-0.39, 0.29) is 12.2 Å². The number of ether oxygens (including phenoxy) is 4. The first-order chi connectivity index (χ1) is 22.4. The molecular weight excluding hydrogens is 600 g/mol. The van der Waals surface area contributed by atoms with E-state index in [0.717, 1.165) is 21.9 Å². The van der Waals surface area contributed by atoms with Crippen molar-refractivity contribution < 1.29 is 23.7 Å². The van der Waals surface area contributed by atoms with Crippen LogP contribution in [0.4, 0.5) is 0 Å². The van der Waals surface area contributed by atoms with Crippen LogP contribution in [0, 0.1) is 0 Å². The Bertz CT molecular complexity index is 2130. The summed E-state index contributed by atoms with van der Waals surface area (Å²) in [5, 5.41) is 1.82. The molecule has 46 heavy (non-hydrogen) atoms. The van der Waals surface area contributed by atoms with Gasteiger partial charge in [-0.3, -0.25) is 9.36 Å². The molecule has 0 unspecified atom stereocenters. The molecule has 0 aliphatic carbocycles. The monoisotopic (exact) mass is 634 g/mol. The third-order valence-electron chi connectivity index (χ3n) is 7.74. The largest absolute Gasteiger partial charge is 0.496 e. The number of carbonyl (C=O) groups is 1. The van der Waals surface area contributed by atoms with Gasteiger partial charge >= 0.3 is 5.97 Å². The topological polar surface area (TPSA) is 88.4 Å². The lowest BCUT2D eigenvalue weighted by atomic mass is 9.90. The summed E-state index contributed by atoms with van der Waals surface area (Å²) in [6.45, 7) is 6.49. The van der Waals surface area contributed by atoms with E-state index in [0.29, 0.717) is 56.6 Å². The van der Waals surface area contributed by atoms with Gasteiger partial charge in [0.2, 0.25) is 0 Å². The van der Waals surface area contributed by atoms with Crippen molar-refractivity contribution in [2.75, 3.05) is 20.3 Å². The van der Waals surface area contributed by atoms with E-state index in [2.05, 4.69) is 0 Å². The smallest absolute Gasteiger partial charge is 0.338 e. The first kappa shape index (κ1) is 30.9. The Morgan fingerprint density at radius 2 is 1.67 bits per heavy atom. The number of fused-ring (bicyclic) bond motifs is 2. The average molecular weight is 635 g/mol. The lowest BCUT2D eigenvalue weighted by molar-refractivity contribution is -0.139. The summed E-state index contributed by atoms with van der Waals surface area (Å²) in [5.41, 5.74) is 3.02.